The molecule has 0 unspecified atom stereocenters. The number of benzene rings is 1. The van der Waals surface area contributed by atoms with Gasteiger partial charge in [0, 0.05) is 23.5 Å². The van der Waals surface area contributed by atoms with Gasteiger partial charge in [0.25, 0.3) is 6.43 Å². The van der Waals surface area contributed by atoms with Crippen LogP contribution in [0.25, 0.3) is 0 Å². The van der Waals surface area contributed by atoms with Crippen LogP contribution in [-0.2, 0) is 0 Å². The van der Waals surface area contributed by atoms with Crippen molar-refractivity contribution in [2.75, 3.05) is 0 Å². The Bertz CT molecular complexity index is 570. The van der Waals surface area contributed by atoms with Crippen molar-refractivity contribution in [3.63, 3.8) is 0 Å². The van der Waals surface area contributed by atoms with Gasteiger partial charge in [-0.05, 0) is 24.3 Å². The predicted molar refractivity (Wildman–Crippen MR) is 60.7 cm³/mol. The molecule has 5 heteroatoms. The van der Waals surface area contributed by atoms with Crippen LogP contribution in [0.1, 0.15) is 27.9 Å². The number of rotatable bonds is 3. The highest BCUT2D eigenvalue weighted by Crippen LogP contribution is 2.27. The lowest BCUT2D eigenvalue weighted by atomic mass is 10.0. The summed E-state index contributed by atoms with van der Waals surface area (Å²) in [5.41, 5.74) is -0.0553. The number of aromatic hydroxyl groups is 1. The number of pyridine rings is 1. The van der Waals surface area contributed by atoms with Crippen LogP contribution >= 0.6 is 0 Å². The van der Waals surface area contributed by atoms with Crippen molar-refractivity contribution in [3.05, 3.63) is 59.4 Å². The molecule has 0 bridgehead atoms. The topological polar surface area (TPSA) is 50.2 Å². The second-order valence-corrected chi connectivity index (χ2v) is 3.65. The third kappa shape index (κ3) is 2.34. The van der Waals surface area contributed by atoms with Crippen molar-refractivity contribution in [2.45, 2.75) is 6.43 Å². The fourth-order valence-corrected chi connectivity index (χ4v) is 1.53. The van der Waals surface area contributed by atoms with Gasteiger partial charge >= 0.3 is 0 Å². The quantitative estimate of drug-likeness (QED) is 0.851. The molecular weight excluding hydrogens is 240 g/mol. The van der Waals surface area contributed by atoms with Crippen molar-refractivity contribution in [1.82, 2.24) is 4.98 Å². The summed E-state index contributed by atoms with van der Waals surface area (Å²) in [6, 6.07) is 6.32. The van der Waals surface area contributed by atoms with Crippen LogP contribution in [0.2, 0.25) is 0 Å². The van der Waals surface area contributed by atoms with Crippen LogP contribution in [0.4, 0.5) is 8.78 Å². The standard InChI is InChI=1S/C13H9F2NO2/c14-13(15)8-3-4-10(11(17)6-8)12(18)9-2-1-5-16-7-9/h1-7,13,17H. The van der Waals surface area contributed by atoms with Crippen molar-refractivity contribution in [2.24, 2.45) is 0 Å². The molecule has 3 nitrogen and oxygen atoms in total. The Morgan fingerprint density at radius 3 is 2.61 bits per heavy atom. The molecule has 1 heterocycles. The molecule has 0 fully saturated rings. The molecule has 0 aliphatic carbocycles. The maximum absolute atomic E-state index is 12.4. The van der Waals surface area contributed by atoms with Crippen LogP contribution in [0.15, 0.2) is 42.7 Å². The summed E-state index contributed by atoms with van der Waals surface area (Å²) < 4.78 is 24.8. The molecule has 18 heavy (non-hydrogen) atoms. The lowest BCUT2D eigenvalue weighted by molar-refractivity contribution is 0.103. The first-order chi connectivity index (χ1) is 8.59. The first-order valence-electron chi connectivity index (χ1n) is 5.15. The highest BCUT2D eigenvalue weighted by Gasteiger charge is 2.16. The number of carbonyl (C=O) groups is 1. The fourth-order valence-electron chi connectivity index (χ4n) is 1.53. The van der Waals surface area contributed by atoms with E-state index in [1.807, 2.05) is 0 Å². The molecule has 1 aromatic heterocycles. The number of phenols is 1. The zero-order valence-corrected chi connectivity index (χ0v) is 9.18. The van der Waals surface area contributed by atoms with Gasteiger partial charge in [0.2, 0.25) is 0 Å². The summed E-state index contributed by atoms with van der Waals surface area (Å²) >= 11 is 0. The first kappa shape index (κ1) is 12.2. The van der Waals surface area contributed by atoms with Gasteiger partial charge in [-0.25, -0.2) is 8.78 Å². The van der Waals surface area contributed by atoms with Gasteiger partial charge in [-0.15, -0.1) is 0 Å². The lowest BCUT2D eigenvalue weighted by Gasteiger charge is -2.06. The van der Waals surface area contributed by atoms with Gasteiger partial charge in [0.15, 0.2) is 5.78 Å². The Morgan fingerprint density at radius 1 is 1.28 bits per heavy atom. The maximum atomic E-state index is 12.4. The van der Waals surface area contributed by atoms with Gasteiger partial charge in [-0.1, -0.05) is 6.07 Å². The van der Waals surface area contributed by atoms with E-state index in [0.29, 0.717) is 0 Å². The van der Waals surface area contributed by atoms with Crippen molar-refractivity contribution < 1.29 is 18.7 Å². The zero-order valence-electron chi connectivity index (χ0n) is 9.18. The van der Waals surface area contributed by atoms with Crippen LogP contribution in [0.3, 0.4) is 0 Å². The maximum Gasteiger partial charge on any atom is 0.263 e. The predicted octanol–water partition coefficient (Wildman–Crippen LogP) is 2.96. The zero-order chi connectivity index (χ0) is 13.1. The minimum Gasteiger partial charge on any atom is -0.507 e. The normalized spacial score (nSPS) is 10.6. The van der Waals surface area contributed by atoms with E-state index >= 15 is 0 Å². The van der Waals surface area contributed by atoms with E-state index in [2.05, 4.69) is 4.98 Å². The largest absolute Gasteiger partial charge is 0.507 e. The Kier molecular flexibility index (Phi) is 3.32. The number of ketones is 1. The van der Waals surface area contributed by atoms with Crippen LogP contribution < -0.4 is 0 Å². The number of alkyl halides is 2. The molecule has 2 aromatic rings. The smallest absolute Gasteiger partial charge is 0.263 e. The van der Waals surface area contributed by atoms with Crippen LogP contribution in [-0.4, -0.2) is 15.9 Å². The van der Waals surface area contributed by atoms with Gasteiger partial charge in [0.1, 0.15) is 5.75 Å². The molecule has 0 aliphatic heterocycles. The summed E-state index contributed by atoms with van der Waals surface area (Å²) in [5.74, 6) is -0.914. The fraction of sp³-hybridized carbons (Fsp3) is 0.0769. The summed E-state index contributed by atoms with van der Waals surface area (Å²) in [7, 11) is 0. The molecule has 0 aliphatic rings. The Morgan fingerprint density at radius 2 is 2.06 bits per heavy atom. The van der Waals surface area contributed by atoms with E-state index in [4.69, 9.17) is 0 Å². The van der Waals surface area contributed by atoms with Gasteiger partial charge in [0.05, 0.1) is 5.56 Å². The molecule has 92 valence electrons. The van der Waals surface area contributed by atoms with Crippen molar-refractivity contribution >= 4 is 5.78 Å². The van der Waals surface area contributed by atoms with E-state index in [1.54, 1.807) is 6.07 Å². The highest BCUT2D eigenvalue weighted by molar-refractivity contribution is 6.10. The van der Waals surface area contributed by atoms with Crippen LogP contribution in [0, 0.1) is 0 Å². The number of hydrogen-bond acceptors (Lipinski definition) is 3. The van der Waals surface area contributed by atoms with Gasteiger partial charge in [-0.2, -0.15) is 0 Å². The Balaban J connectivity index is 2.38. The minimum atomic E-state index is -2.68. The minimum absolute atomic E-state index is 0.0209. The average Bonchev–Trinajstić information content (AvgIpc) is 2.38. The Hall–Kier alpha value is -2.30. The second kappa shape index (κ2) is 4.91. The number of nitrogens with zero attached hydrogens (tertiary/aromatic N) is 1. The van der Waals surface area contributed by atoms with E-state index in [0.717, 1.165) is 12.1 Å². The summed E-state index contributed by atoms with van der Waals surface area (Å²) in [6.07, 6.45) is 0.178. The number of phenolic OH excluding ortho intramolecular Hbond substituents is 1. The summed E-state index contributed by atoms with van der Waals surface area (Å²) in [4.78, 5) is 15.7. The summed E-state index contributed by atoms with van der Waals surface area (Å²) in [6.45, 7) is 0. The Labute approximate surface area is 102 Å². The van der Waals surface area contributed by atoms with Gasteiger partial charge in [-0.3, -0.25) is 9.78 Å². The van der Waals surface area contributed by atoms with Gasteiger partial charge < -0.3 is 5.11 Å². The highest BCUT2D eigenvalue weighted by atomic mass is 19.3. The third-order valence-corrected chi connectivity index (χ3v) is 2.44. The molecule has 0 spiro atoms. The molecule has 1 N–H and O–H groups in total. The number of aromatic nitrogens is 1. The molecule has 2 rings (SSSR count). The van der Waals surface area contributed by atoms with E-state index in [-0.39, 0.29) is 16.7 Å². The molecular formula is C13H9F2NO2. The molecule has 0 atom stereocenters. The van der Waals surface area contributed by atoms with Crippen LogP contribution in [0.5, 0.6) is 5.75 Å². The SMILES string of the molecule is O=C(c1cccnc1)c1ccc(C(F)F)cc1O. The van der Waals surface area contributed by atoms with Crippen molar-refractivity contribution in [3.8, 4) is 5.75 Å². The molecule has 0 radical (unpaired) electrons. The molecule has 0 saturated carbocycles. The monoisotopic (exact) mass is 249 g/mol. The van der Waals surface area contributed by atoms with Crippen molar-refractivity contribution in [1.29, 1.82) is 0 Å². The molecule has 0 amide bonds. The molecule has 1 aromatic carbocycles. The van der Waals surface area contributed by atoms with E-state index < -0.39 is 18.0 Å². The van der Waals surface area contributed by atoms with E-state index in [1.165, 1.54) is 24.5 Å². The van der Waals surface area contributed by atoms with E-state index in [9.17, 15) is 18.7 Å². The number of carbonyl (C=O) groups excluding carboxylic acids is 1. The summed E-state index contributed by atoms with van der Waals surface area (Å²) in [5, 5.41) is 9.60. The number of halogens is 2. The first-order valence-corrected chi connectivity index (χ1v) is 5.15. The average molecular weight is 249 g/mol. The number of hydrogen-bond donors (Lipinski definition) is 1. The third-order valence-electron chi connectivity index (χ3n) is 2.44. The second-order valence-electron chi connectivity index (χ2n) is 3.65. The lowest BCUT2D eigenvalue weighted by Crippen LogP contribution is -2.02. The molecule has 0 saturated heterocycles.